The van der Waals surface area contributed by atoms with Gasteiger partial charge in [0, 0.05) is 17.2 Å². The van der Waals surface area contributed by atoms with Gasteiger partial charge in [-0.2, -0.15) is 11.8 Å². The summed E-state index contributed by atoms with van der Waals surface area (Å²) in [6.07, 6.45) is 4.63. The molecule has 0 aromatic rings. The number of rotatable bonds is 4. The third-order valence-corrected chi connectivity index (χ3v) is 3.77. The molecule has 3 heteroatoms. The summed E-state index contributed by atoms with van der Waals surface area (Å²) in [6, 6.07) is 0. The van der Waals surface area contributed by atoms with E-state index in [1.165, 1.54) is 12.8 Å². The average molecular weight is 187 g/mol. The first kappa shape index (κ1) is 9.90. The zero-order chi connectivity index (χ0) is 9.19. The molecule has 0 saturated heterocycles. The summed E-state index contributed by atoms with van der Waals surface area (Å²) >= 11 is 1.88. The Labute approximate surface area is 78.5 Å². The monoisotopic (exact) mass is 187 g/mol. The molecule has 0 heterocycles. The van der Waals surface area contributed by atoms with Crippen molar-refractivity contribution in [3.8, 4) is 0 Å². The van der Waals surface area contributed by atoms with Gasteiger partial charge in [0.15, 0.2) is 0 Å². The average Bonchev–Trinajstić information content (AvgIpc) is 2.81. The maximum atomic E-state index is 11.2. The fourth-order valence-corrected chi connectivity index (χ4v) is 1.77. The molecule has 70 valence electrons. The number of hydrogen-bond acceptors (Lipinski definition) is 2. The number of amides is 1. The van der Waals surface area contributed by atoms with Crippen molar-refractivity contribution in [2.45, 2.75) is 31.4 Å². The van der Waals surface area contributed by atoms with Gasteiger partial charge in [-0.05, 0) is 19.1 Å². The summed E-state index contributed by atoms with van der Waals surface area (Å²) in [7, 11) is 0. The van der Waals surface area contributed by atoms with Crippen molar-refractivity contribution < 1.29 is 4.79 Å². The van der Waals surface area contributed by atoms with Crippen LogP contribution in [0.15, 0.2) is 0 Å². The predicted octanol–water partition coefficient (Wildman–Crippen LogP) is 1.65. The van der Waals surface area contributed by atoms with Gasteiger partial charge in [0.05, 0.1) is 0 Å². The molecule has 1 N–H and O–H groups in total. The molecule has 0 radical (unpaired) electrons. The second kappa shape index (κ2) is 3.69. The lowest BCUT2D eigenvalue weighted by molar-refractivity contribution is -0.123. The Morgan fingerprint density at radius 1 is 1.58 bits per heavy atom. The van der Waals surface area contributed by atoms with Crippen molar-refractivity contribution in [3.05, 3.63) is 0 Å². The zero-order valence-corrected chi connectivity index (χ0v) is 8.83. The first-order chi connectivity index (χ1) is 5.59. The summed E-state index contributed by atoms with van der Waals surface area (Å²) < 4.78 is 0.393. The Bertz CT molecular complexity index is 175. The Morgan fingerprint density at radius 2 is 2.17 bits per heavy atom. The molecule has 1 saturated carbocycles. The van der Waals surface area contributed by atoms with Crippen LogP contribution in [0.3, 0.4) is 0 Å². The molecule has 0 aromatic carbocycles. The van der Waals surface area contributed by atoms with Crippen molar-refractivity contribution in [2.75, 3.05) is 12.8 Å². The van der Waals surface area contributed by atoms with E-state index in [4.69, 9.17) is 0 Å². The van der Waals surface area contributed by atoms with E-state index in [-0.39, 0.29) is 11.8 Å². The lowest BCUT2D eigenvalue weighted by atomic mass is 10.2. The van der Waals surface area contributed by atoms with Crippen LogP contribution in [0, 0.1) is 5.92 Å². The van der Waals surface area contributed by atoms with Gasteiger partial charge in [0.25, 0.3) is 0 Å². The normalized spacial score (nSPS) is 19.3. The van der Waals surface area contributed by atoms with Crippen LogP contribution in [-0.4, -0.2) is 23.5 Å². The van der Waals surface area contributed by atoms with Gasteiger partial charge in [-0.25, -0.2) is 0 Å². The Balaban J connectivity index is 2.21. The van der Waals surface area contributed by atoms with Gasteiger partial charge in [0.2, 0.25) is 5.91 Å². The number of carbonyl (C=O) groups is 1. The molecule has 1 rings (SSSR count). The minimum atomic E-state index is 0.114. The van der Waals surface area contributed by atoms with Gasteiger partial charge < -0.3 is 5.32 Å². The molecule has 1 aliphatic rings. The van der Waals surface area contributed by atoms with E-state index < -0.39 is 0 Å². The summed E-state index contributed by atoms with van der Waals surface area (Å²) in [4.78, 5) is 11.2. The van der Waals surface area contributed by atoms with E-state index >= 15 is 0 Å². The highest BCUT2D eigenvalue weighted by atomic mass is 32.2. The second-order valence-corrected chi connectivity index (χ2v) is 5.03. The van der Waals surface area contributed by atoms with Crippen LogP contribution >= 0.6 is 11.8 Å². The van der Waals surface area contributed by atoms with Crippen LogP contribution in [0.4, 0.5) is 0 Å². The van der Waals surface area contributed by atoms with Crippen LogP contribution < -0.4 is 5.32 Å². The fraction of sp³-hybridized carbons (Fsp3) is 0.889. The van der Waals surface area contributed by atoms with E-state index in [1.807, 2.05) is 25.6 Å². The van der Waals surface area contributed by atoms with Gasteiger partial charge in [-0.1, -0.05) is 13.8 Å². The summed E-state index contributed by atoms with van der Waals surface area (Å²) in [5, 5.41) is 2.98. The maximum absolute atomic E-state index is 11.2. The molecule has 0 spiro atoms. The number of thioether (sulfide) groups is 1. The minimum absolute atomic E-state index is 0.114. The van der Waals surface area contributed by atoms with Crippen LogP contribution in [-0.2, 0) is 4.79 Å². The zero-order valence-electron chi connectivity index (χ0n) is 8.02. The fourth-order valence-electron chi connectivity index (χ4n) is 1.04. The third kappa shape index (κ3) is 2.41. The SMILES string of the molecule is CSC1(CNC(=O)C(C)C)CC1. The molecule has 0 atom stereocenters. The maximum Gasteiger partial charge on any atom is 0.222 e. The molecular formula is C9H17NOS. The van der Waals surface area contributed by atoms with Crippen LogP contribution in [0.5, 0.6) is 0 Å². The van der Waals surface area contributed by atoms with E-state index in [1.54, 1.807) is 0 Å². The second-order valence-electron chi connectivity index (χ2n) is 3.76. The van der Waals surface area contributed by atoms with Crippen molar-refractivity contribution in [1.29, 1.82) is 0 Å². The topological polar surface area (TPSA) is 29.1 Å². The first-order valence-electron chi connectivity index (χ1n) is 4.42. The van der Waals surface area contributed by atoms with Crippen LogP contribution in [0.2, 0.25) is 0 Å². The molecule has 0 bridgehead atoms. The van der Waals surface area contributed by atoms with Crippen LogP contribution in [0.1, 0.15) is 26.7 Å². The number of hydrogen-bond donors (Lipinski definition) is 1. The number of nitrogens with one attached hydrogen (secondary N) is 1. The summed E-state index contributed by atoms with van der Waals surface area (Å²) in [5.74, 6) is 0.290. The van der Waals surface area contributed by atoms with Gasteiger partial charge in [-0.15, -0.1) is 0 Å². The smallest absolute Gasteiger partial charge is 0.222 e. The number of carbonyl (C=O) groups excluding carboxylic acids is 1. The van der Waals surface area contributed by atoms with E-state index in [9.17, 15) is 4.79 Å². The Hall–Kier alpha value is -0.180. The third-order valence-electron chi connectivity index (χ3n) is 2.35. The highest BCUT2D eigenvalue weighted by Crippen LogP contribution is 2.46. The molecule has 1 amide bonds. The Morgan fingerprint density at radius 3 is 2.50 bits per heavy atom. The lowest BCUT2D eigenvalue weighted by Crippen LogP contribution is -2.34. The molecule has 0 aliphatic heterocycles. The highest BCUT2D eigenvalue weighted by molar-refractivity contribution is 8.00. The van der Waals surface area contributed by atoms with Crippen molar-refractivity contribution in [1.82, 2.24) is 5.32 Å². The quantitative estimate of drug-likeness (QED) is 0.725. The van der Waals surface area contributed by atoms with Crippen molar-refractivity contribution in [3.63, 3.8) is 0 Å². The van der Waals surface area contributed by atoms with Gasteiger partial charge in [0.1, 0.15) is 0 Å². The molecule has 1 aliphatic carbocycles. The first-order valence-corrected chi connectivity index (χ1v) is 5.65. The van der Waals surface area contributed by atoms with E-state index in [0.717, 1.165) is 6.54 Å². The Kier molecular flexibility index (Phi) is 3.04. The van der Waals surface area contributed by atoms with Gasteiger partial charge in [-0.3, -0.25) is 4.79 Å². The van der Waals surface area contributed by atoms with E-state index in [0.29, 0.717) is 4.75 Å². The molecule has 0 aromatic heterocycles. The van der Waals surface area contributed by atoms with Crippen LogP contribution in [0.25, 0.3) is 0 Å². The molecule has 1 fully saturated rings. The van der Waals surface area contributed by atoms with E-state index in [2.05, 4.69) is 11.6 Å². The van der Waals surface area contributed by atoms with Gasteiger partial charge >= 0.3 is 0 Å². The molecule has 12 heavy (non-hydrogen) atoms. The molecular weight excluding hydrogens is 170 g/mol. The minimum Gasteiger partial charge on any atom is -0.354 e. The standard InChI is InChI=1S/C9H17NOS/c1-7(2)8(11)10-6-9(12-3)4-5-9/h7H,4-6H2,1-3H3,(H,10,11). The molecule has 0 unspecified atom stereocenters. The summed E-state index contributed by atoms with van der Waals surface area (Å²) in [6.45, 7) is 4.70. The highest BCUT2D eigenvalue weighted by Gasteiger charge is 2.41. The lowest BCUT2D eigenvalue weighted by Gasteiger charge is -2.14. The predicted molar refractivity (Wildman–Crippen MR) is 53.3 cm³/mol. The molecule has 2 nitrogen and oxygen atoms in total. The largest absolute Gasteiger partial charge is 0.354 e. The summed E-state index contributed by atoms with van der Waals surface area (Å²) in [5.41, 5.74) is 0. The van der Waals surface area contributed by atoms with Crippen molar-refractivity contribution in [2.24, 2.45) is 5.92 Å². The van der Waals surface area contributed by atoms with Crippen molar-refractivity contribution >= 4 is 17.7 Å².